The van der Waals surface area contributed by atoms with E-state index < -0.39 is 0 Å². The Hall–Kier alpha value is -1.45. The van der Waals surface area contributed by atoms with Crippen molar-refractivity contribution in [3.05, 3.63) is 41.6 Å². The fourth-order valence-corrected chi connectivity index (χ4v) is 3.43. The zero-order valence-corrected chi connectivity index (χ0v) is 13.0. The first-order chi connectivity index (χ1) is 10.2. The highest BCUT2D eigenvalue weighted by Gasteiger charge is 2.27. The maximum absolute atomic E-state index is 6.08. The van der Waals surface area contributed by atoms with Crippen LogP contribution in [0, 0.1) is 12.8 Å². The van der Waals surface area contributed by atoms with Crippen molar-refractivity contribution in [2.45, 2.75) is 32.7 Å². The lowest BCUT2D eigenvalue weighted by atomic mass is 10.0. The van der Waals surface area contributed by atoms with Crippen LogP contribution in [0.25, 0.3) is 10.9 Å². The van der Waals surface area contributed by atoms with E-state index in [4.69, 9.17) is 5.73 Å². The molecule has 3 rings (SSSR count). The number of likely N-dealkylation sites (tertiary alicyclic amines) is 1. The Labute approximate surface area is 127 Å². The molecule has 1 fully saturated rings. The summed E-state index contributed by atoms with van der Waals surface area (Å²) in [5.41, 5.74) is 9.55. The van der Waals surface area contributed by atoms with Gasteiger partial charge in [0.25, 0.3) is 0 Å². The largest absolute Gasteiger partial charge is 0.329 e. The quantitative estimate of drug-likeness (QED) is 0.936. The molecule has 2 N–H and O–H groups in total. The van der Waals surface area contributed by atoms with Gasteiger partial charge in [0.1, 0.15) is 0 Å². The number of aryl methyl sites for hydroxylation is 1. The fraction of sp³-hybridized carbons (Fsp3) is 0.500. The first-order valence-corrected chi connectivity index (χ1v) is 8.02. The van der Waals surface area contributed by atoms with E-state index in [9.17, 15) is 0 Å². The van der Waals surface area contributed by atoms with E-state index in [1.54, 1.807) is 0 Å². The van der Waals surface area contributed by atoms with Crippen molar-refractivity contribution in [3.63, 3.8) is 0 Å². The van der Waals surface area contributed by atoms with Crippen LogP contribution in [-0.4, -0.2) is 29.5 Å². The predicted octanol–water partition coefficient (Wildman–Crippen LogP) is 3.27. The number of benzene rings is 1. The highest BCUT2D eigenvalue weighted by atomic mass is 15.2. The predicted molar refractivity (Wildman–Crippen MR) is 88.2 cm³/mol. The summed E-state index contributed by atoms with van der Waals surface area (Å²) in [4.78, 5) is 7.13. The Kier molecular flexibility index (Phi) is 4.22. The van der Waals surface area contributed by atoms with Gasteiger partial charge in [-0.1, -0.05) is 25.5 Å². The number of pyridine rings is 1. The molecule has 1 aliphatic rings. The molecule has 1 saturated heterocycles. The second-order valence-electron chi connectivity index (χ2n) is 6.21. The Morgan fingerprint density at radius 1 is 1.33 bits per heavy atom. The van der Waals surface area contributed by atoms with Crippen LogP contribution in [0.4, 0.5) is 0 Å². The van der Waals surface area contributed by atoms with E-state index in [0.29, 0.717) is 12.6 Å². The van der Waals surface area contributed by atoms with Gasteiger partial charge < -0.3 is 5.73 Å². The molecule has 112 valence electrons. The molecule has 0 spiro atoms. The van der Waals surface area contributed by atoms with Gasteiger partial charge >= 0.3 is 0 Å². The second-order valence-corrected chi connectivity index (χ2v) is 6.21. The molecular weight excluding hydrogens is 258 g/mol. The third-order valence-electron chi connectivity index (χ3n) is 4.80. The van der Waals surface area contributed by atoms with E-state index in [1.807, 2.05) is 6.92 Å². The van der Waals surface area contributed by atoms with E-state index >= 15 is 0 Å². The molecule has 2 heterocycles. The number of hydrogen-bond acceptors (Lipinski definition) is 3. The van der Waals surface area contributed by atoms with Crippen molar-refractivity contribution >= 4 is 10.9 Å². The topological polar surface area (TPSA) is 42.1 Å². The molecule has 3 heteroatoms. The zero-order valence-electron chi connectivity index (χ0n) is 13.0. The molecule has 21 heavy (non-hydrogen) atoms. The lowest BCUT2D eigenvalue weighted by Gasteiger charge is -2.27. The molecule has 2 atom stereocenters. The van der Waals surface area contributed by atoms with Crippen molar-refractivity contribution in [1.29, 1.82) is 0 Å². The highest BCUT2D eigenvalue weighted by Crippen LogP contribution is 2.29. The minimum absolute atomic E-state index is 0.340. The van der Waals surface area contributed by atoms with Crippen molar-refractivity contribution in [2.75, 3.05) is 19.6 Å². The molecule has 2 unspecified atom stereocenters. The summed E-state index contributed by atoms with van der Waals surface area (Å²) in [6.07, 6.45) is 2.58. The van der Waals surface area contributed by atoms with Crippen LogP contribution >= 0.6 is 0 Å². The van der Waals surface area contributed by atoms with Gasteiger partial charge in [0.15, 0.2) is 0 Å². The molecule has 0 bridgehead atoms. The first-order valence-electron chi connectivity index (χ1n) is 8.02. The molecule has 3 nitrogen and oxygen atoms in total. The smallest absolute Gasteiger partial charge is 0.0705 e. The van der Waals surface area contributed by atoms with Crippen LogP contribution in [0.3, 0.4) is 0 Å². The second kappa shape index (κ2) is 6.12. The van der Waals surface area contributed by atoms with Crippen molar-refractivity contribution < 1.29 is 0 Å². The SMILES string of the molecule is CCC1CCN(C(CN)c2ccc3nc(C)ccc3c2)C1. The third-order valence-corrected chi connectivity index (χ3v) is 4.80. The van der Waals surface area contributed by atoms with Gasteiger partial charge in [-0.15, -0.1) is 0 Å². The summed E-state index contributed by atoms with van der Waals surface area (Å²) in [5.74, 6) is 0.837. The number of nitrogens with two attached hydrogens (primary N) is 1. The zero-order chi connectivity index (χ0) is 14.8. The molecule has 0 amide bonds. The van der Waals surface area contributed by atoms with Crippen molar-refractivity contribution in [2.24, 2.45) is 11.7 Å². The van der Waals surface area contributed by atoms with Gasteiger partial charge in [0, 0.05) is 30.2 Å². The van der Waals surface area contributed by atoms with E-state index in [1.165, 1.54) is 36.9 Å². The Morgan fingerprint density at radius 2 is 2.19 bits per heavy atom. The third kappa shape index (κ3) is 2.94. The average molecular weight is 283 g/mol. The van der Waals surface area contributed by atoms with E-state index in [0.717, 1.165) is 17.1 Å². The number of fused-ring (bicyclic) bond motifs is 1. The molecular formula is C18H25N3. The lowest BCUT2D eigenvalue weighted by Crippen LogP contribution is -2.32. The average Bonchev–Trinajstić information content (AvgIpc) is 2.97. The maximum atomic E-state index is 6.08. The Morgan fingerprint density at radius 3 is 2.90 bits per heavy atom. The molecule has 0 radical (unpaired) electrons. The summed E-state index contributed by atoms with van der Waals surface area (Å²) in [5, 5.41) is 1.21. The lowest BCUT2D eigenvalue weighted by molar-refractivity contribution is 0.241. The van der Waals surface area contributed by atoms with Crippen LogP contribution in [0.15, 0.2) is 30.3 Å². The van der Waals surface area contributed by atoms with Gasteiger partial charge in [-0.05, 0) is 49.6 Å². The molecule has 0 aliphatic carbocycles. The fourth-order valence-electron chi connectivity index (χ4n) is 3.43. The summed E-state index contributed by atoms with van der Waals surface area (Å²) >= 11 is 0. The van der Waals surface area contributed by atoms with E-state index in [2.05, 4.69) is 47.1 Å². The standard InChI is InChI=1S/C18H25N3/c1-3-14-8-9-21(12-14)18(11-19)16-6-7-17-15(10-16)5-4-13(2)20-17/h4-7,10,14,18H,3,8-9,11-12,19H2,1-2H3. The van der Waals surface area contributed by atoms with Crippen LogP contribution in [-0.2, 0) is 0 Å². The first kappa shape index (κ1) is 14.5. The van der Waals surface area contributed by atoms with Gasteiger partial charge in [-0.2, -0.15) is 0 Å². The van der Waals surface area contributed by atoms with Gasteiger partial charge in [0.2, 0.25) is 0 Å². The number of aromatic nitrogens is 1. The Bertz CT molecular complexity index is 623. The summed E-state index contributed by atoms with van der Waals surface area (Å²) in [6.45, 7) is 7.36. The number of rotatable bonds is 4. The van der Waals surface area contributed by atoms with Crippen LogP contribution < -0.4 is 5.73 Å². The minimum Gasteiger partial charge on any atom is -0.329 e. The monoisotopic (exact) mass is 283 g/mol. The summed E-state index contributed by atoms with van der Waals surface area (Å²) in [6, 6.07) is 11.2. The number of nitrogens with zero attached hydrogens (tertiary/aromatic N) is 2. The molecule has 1 aliphatic heterocycles. The van der Waals surface area contributed by atoms with Crippen LogP contribution in [0.1, 0.15) is 37.1 Å². The Balaban J connectivity index is 1.88. The minimum atomic E-state index is 0.340. The highest BCUT2D eigenvalue weighted by molar-refractivity contribution is 5.79. The van der Waals surface area contributed by atoms with E-state index in [-0.39, 0.29) is 0 Å². The van der Waals surface area contributed by atoms with Crippen LogP contribution in [0.5, 0.6) is 0 Å². The van der Waals surface area contributed by atoms with Crippen LogP contribution in [0.2, 0.25) is 0 Å². The molecule has 1 aromatic carbocycles. The summed E-state index contributed by atoms with van der Waals surface area (Å²) in [7, 11) is 0. The van der Waals surface area contributed by atoms with Crippen molar-refractivity contribution in [3.8, 4) is 0 Å². The molecule has 1 aromatic heterocycles. The molecule has 0 saturated carbocycles. The van der Waals surface area contributed by atoms with Crippen molar-refractivity contribution in [1.82, 2.24) is 9.88 Å². The van der Waals surface area contributed by atoms with Gasteiger partial charge in [-0.3, -0.25) is 9.88 Å². The maximum Gasteiger partial charge on any atom is 0.0705 e. The summed E-state index contributed by atoms with van der Waals surface area (Å²) < 4.78 is 0. The molecule has 2 aromatic rings. The van der Waals surface area contributed by atoms with Gasteiger partial charge in [-0.25, -0.2) is 0 Å². The normalized spacial score (nSPS) is 21.0. The van der Waals surface area contributed by atoms with Gasteiger partial charge in [0.05, 0.1) is 5.52 Å². The number of hydrogen-bond donors (Lipinski definition) is 1.